The summed E-state index contributed by atoms with van der Waals surface area (Å²) in [5.74, 6) is 0.803. The molecule has 0 saturated carbocycles. The van der Waals surface area contributed by atoms with Crippen LogP contribution in [0, 0.1) is 0 Å². The average Bonchev–Trinajstić information content (AvgIpc) is 3.24. The van der Waals surface area contributed by atoms with E-state index in [1.54, 1.807) is 0 Å². The largest absolute Gasteiger partial charge is 0.441 e. The summed E-state index contributed by atoms with van der Waals surface area (Å²) in [5, 5.41) is 9.48. The van der Waals surface area contributed by atoms with Crippen molar-refractivity contribution < 1.29 is 9.52 Å². The van der Waals surface area contributed by atoms with E-state index in [9.17, 15) is 5.11 Å². The standard InChI is InChI=1S/C21H24N2O2/c24-15-14-23(19-12-11-16-6-1-2-7-17(16)19)13-5-10-21-22-18-8-3-4-9-20(18)25-21/h1-4,6-9,19,24H,5,10-15H2. The van der Waals surface area contributed by atoms with Gasteiger partial charge in [-0.05, 0) is 49.1 Å². The summed E-state index contributed by atoms with van der Waals surface area (Å²) in [6.07, 6.45) is 4.08. The number of para-hydroxylation sites is 2. The van der Waals surface area contributed by atoms with Gasteiger partial charge in [0.05, 0.1) is 6.61 Å². The van der Waals surface area contributed by atoms with Gasteiger partial charge in [-0.15, -0.1) is 0 Å². The maximum atomic E-state index is 9.48. The molecule has 0 amide bonds. The summed E-state index contributed by atoms with van der Waals surface area (Å²) >= 11 is 0. The van der Waals surface area contributed by atoms with E-state index >= 15 is 0 Å². The SMILES string of the molecule is OCCN(CCCc1nc2ccccc2o1)C1CCc2ccccc21. The van der Waals surface area contributed by atoms with Crippen molar-refractivity contribution in [2.24, 2.45) is 0 Å². The molecule has 1 aliphatic carbocycles. The molecule has 25 heavy (non-hydrogen) atoms. The molecule has 1 atom stereocenters. The number of fused-ring (bicyclic) bond motifs is 2. The topological polar surface area (TPSA) is 49.5 Å². The molecule has 4 rings (SSSR count). The molecule has 0 aliphatic heterocycles. The van der Waals surface area contributed by atoms with Gasteiger partial charge in [0.25, 0.3) is 0 Å². The van der Waals surface area contributed by atoms with Gasteiger partial charge in [0.2, 0.25) is 0 Å². The minimum Gasteiger partial charge on any atom is -0.441 e. The number of hydrogen-bond acceptors (Lipinski definition) is 4. The van der Waals surface area contributed by atoms with Crippen molar-refractivity contribution in [3.63, 3.8) is 0 Å². The van der Waals surface area contributed by atoms with Gasteiger partial charge in [0.1, 0.15) is 5.52 Å². The first-order valence-corrected chi connectivity index (χ1v) is 9.12. The normalized spacial score (nSPS) is 16.6. The molecule has 130 valence electrons. The van der Waals surface area contributed by atoms with Crippen LogP contribution in [-0.4, -0.2) is 34.7 Å². The van der Waals surface area contributed by atoms with E-state index in [2.05, 4.69) is 34.1 Å². The van der Waals surface area contributed by atoms with Gasteiger partial charge >= 0.3 is 0 Å². The molecular formula is C21H24N2O2. The maximum Gasteiger partial charge on any atom is 0.195 e. The molecule has 1 aliphatic rings. The Balaban J connectivity index is 1.40. The molecule has 4 nitrogen and oxygen atoms in total. The molecule has 0 bridgehead atoms. The summed E-state index contributed by atoms with van der Waals surface area (Å²) in [6.45, 7) is 1.85. The second kappa shape index (κ2) is 7.38. The first kappa shape index (κ1) is 16.3. The summed E-state index contributed by atoms with van der Waals surface area (Å²) in [5.41, 5.74) is 4.66. The molecule has 1 N–H and O–H groups in total. The zero-order valence-corrected chi connectivity index (χ0v) is 14.4. The molecule has 1 unspecified atom stereocenters. The van der Waals surface area contributed by atoms with Gasteiger partial charge in [0.15, 0.2) is 11.5 Å². The Morgan fingerprint density at radius 1 is 1.08 bits per heavy atom. The Kier molecular flexibility index (Phi) is 4.81. The van der Waals surface area contributed by atoms with Gasteiger partial charge in [-0.3, -0.25) is 4.90 Å². The van der Waals surface area contributed by atoms with Crippen LogP contribution in [0.2, 0.25) is 0 Å². The monoisotopic (exact) mass is 336 g/mol. The minimum absolute atomic E-state index is 0.196. The van der Waals surface area contributed by atoms with Crippen molar-refractivity contribution in [2.45, 2.75) is 31.7 Å². The van der Waals surface area contributed by atoms with E-state index in [1.807, 2.05) is 24.3 Å². The lowest BCUT2D eigenvalue weighted by Crippen LogP contribution is -2.31. The first-order valence-electron chi connectivity index (χ1n) is 9.12. The lowest BCUT2D eigenvalue weighted by molar-refractivity contribution is 0.147. The Labute approximate surface area is 148 Å². The number of benzene rings is 2. The second-order valence-electron chi connectivity index (χ2n) is 6.69. The fourth-order valence-electron chi connectivity index (χ4n) is 3.93. The lowest BCUT2D eigenvalue weighted by Gasteiger charge is -2.28. The smallest absolute Gasteiger partial charge is 0.195 e. The van der Waals surface area contributed by atoms with Gasteiger partial charge in [-0.25, -0.2) is 4.98 Å². The highest BCUT2D eigenvalue weighted by atomic mass is 16.3. The van der Waals surface area contributed by atoms with Gasteiger partial charge in [-0.1, -0.05) is 36.4 Å². The predicted molar refractivity (Wildman–Crippen MR) is 98.5 cm³/mol. The van der Waals surface area contributed by atoms with Crippen LogP contribution in [0.5, 0.6) is 0 Å². The van der Waals surface area contributed by atoms with E-state index < -0.39 is 0 Å². The number of rotatable bonds is 7. The predicted octanol–water partition coefficient (Wildman–Crippen LogP) is 3.74. The van der Waals surface area contributed by atoms with E-state index in [4.69, 9.17) is 4.42 Å². The van der Waals surface area contributed by atoms with Gasteiger partial charge in [0, 0.05) is 19.0 Å². The molecule has 0 fully saturated rings. The van der Waals surface area contributed by atoms with E-state index in [1.165, 1.54) is 11.1 Å². The highest BCUT2D eigenvalue weighted by molar-refractivity contribution is 5.72. The third-order valence-electron chi connectivity index (χ3n) is 5.10. The van der Waals surface area contributed by atoms with Crippen molar-refractivity contribution in [1.82, 2.24) is 9.88 Å². The van der Waals surface area contributed by atoms with E-state index in [0.717, 1.165) is 49.2 Å². The van der Waals surface area contributed by atoms with Crippen LogP contribution in [-0.2, 0) is 12.8 Å². The molecule has 3 aromatic rings. The molecule has 1 heterocycles. The number of aromatic nitrogens is 1. The third kappa shape index (κ3) is 3.46. The van der Waals surface area contributed by atoms with Crippen molar-refractivity contribution in [3.8, 4) is 0 Å². The van der Waals surface area contributed by atoms with Gasteiger partial charge < -0.3 is 9.52 Å². The fraction of sp³-hybridized carbons (Fsp3) is 0.381. The van der Waals surface area contributed by atoms with Crippen molar-refractivity contribution >= 4 is 11.1 Å². The van der Waals surface area contributed by atoms with Gasteiger partial charge in [-0.2, -0.15) is 0 Å². The number of aliphatic hydroxyl groups is 1. The quantitative estimate of drug-likeness (QED) is 0.714. The zero-order valence-electron chi connectivity index (χ0n) is 14.4. The summed E-state index contributed by atoms with van der Waals surface area (Å²) in [4.78, 5) is 6.97. The highest BCUT2D eigenvalue weighted by Gasteiger charge is 2.27. The maximum absolute atomic E-state index is 9.48. The Bertz CT molecular complexity index is 810. The van der Waals surface area contributed by atoms with Crippen LogP contribution < -0.4 is 0 Å². The summed E-state index contributed by atoms with van der Waals surface area (Å²) in [6, 6.07) is 17.0. The number of aryl methyl sites for hydroxylation is 2. The Morgan fingerprint density at radius 3 is 2.80 bits per heavy atom. The number of aliphatic hydroxyl groups excluding tert-OH is 1. The average molecular weight is 336 g/mol. The lowest BCUT2D eigenvalue weighted by atomic mass is 10.1. The zero-order chi connectivity index (χ0) is 17.1. The third-order valence-corrected chi connectivity index (χ3v) is 5.10. The summed E-state index contributed by atoms with van der Waals surface area (Å²) in [7, 11) is 0. The van der Waals surface area contributed by atoms with Crippen molar-refractivity contribution in [2.75, 3.05) is 19.7 Å². The molecule has 2 aromatic carbocycles. The molecule has 0 radical (unpaired) electrons. The Hall–Kier alpha value is -2.17. The summed E-state index contributed by atoms with van der Waals surface area (Å²) < 4.78 is 5.81. The number of oxazole rings is 1. The molecular weight excluding hydrogens is 312 g/mol. The van der Waals surface area contributed by atoms with Crippen LogP contribution in [0.25, 0.3) is 11.1 Å². The first-order chi connectivity index (χ1) is 12.3. The molecule has 0 saturated heterocycles. The van der Waals surface area contributed by atoms with Crippen molar-refractivity contribution in [1.29, 1.82) is 0 Å². The molecule has 4 heteroatoms. The van der Waals surface area contributed by atoms with E-state index in [-0.39, 0.29) is 6.61 Å². The minimum atomic E-state index is 0.196. The van der Waals surface area contributed by atoms with Crippen LogP contribution in [0.1, 0.15) is 35.9 Å². The van der Waals surface area contributed by atoms with Crippen LogP contribution in [0.15, 0.2) is 52.9 Å². The number of nitrogens with zero attached hydrogens (tertiary/aromatic N) is 2. The Morgan fingerprint density at radius 2 is 1.92 bits per heavy atom. The fourth-order valence-corrected chi connectivity index (χ4v) is 3.93. The second-order valence-corrected chi connectivity index (χ2v) is 6.69. The highest BCUT2D eigenvalue weighted by Crippen LogP contribution is 2.35. The number of hydrogen-bond donors (Lipinski definition) is 1. The van der Waals surface area contributed by atoms with E-state index in [0.29, 0.717) is 12.6 Å². The van der Waals surface area contributed by atoms with Crippen LogP contribution in [0.4, 0.5) is 0 Å². The molecule has 1 aromatic heterocycles. The van der Waals surface area contributed by atoms with Crippen molar-refractivity contribution in [3.05, 3.63) is 65.5 Å². The van der Waals surface area contributed by atoms with Crippen LogP contribution >= 0.6 is 0 Å². The van der Waals surface area contributed by atoms with Crippen LogP contribution in [0.3, 0.4) is 0 Å². The molecule has 0 spiro atoms.